The Balaban J connectivity index is 1.85. The van der Waals surface area contributed by atoms with Crippen molar-refractivity contribution in [1.29, 1.82) is 0 Å². The predicted molar refractivity (Wildman–Crippen MR) is 136 cm³/mol. The van der Waals surface area contributed by atoms with E-state index in [0.717, 1.165) is 5.56 Å². The molecule has 0 saturated carbocycles. The number of methoxy groups -OCH3 is 1. The number of aromatic nitrogens is 1. The van der Waals surface area contributed by atoms with Gasteiger partial charge in [-0.3, -0.25) is 4.79 Å². The van der Waals surface area contributed by atoms with Crippen LogP contribution in [0.25, 0.3) is 0 Å². The van der Waals surface area contributed by atoms with E-state index in [9.17, 15) is 18.0 Å². The highest BCUT2D eigenvalue weighted by molar-refractivity contribution is 7.89. The largest absolute Gasteiger partial charge is 0.491 e. The summed E-state index contributed by atoms with van der Waals surface area (Å²) in [7, 11) is -0.988. The number of rotatable bonds is 9. The van der Waals surface area contributed by atoms with Crippen molar-refractivity contribution >= 4 is 27.7 Å². The second kappa shape index (κ2) is 11.3. The Bertz CT molecular complexity index is 1340. The van der Waals surface area contributed by atoms with Gasteiger partial charge in [-0.1, -0.05) is 17.7 Å². The fourth-order valence-corrected chi connectivity index (χ4v) is 4.51. The molecule has 0 aliphatic carbocycles. The van der Waals surface area contributed by atoms with Gasteiger partial charge in [-0.25, -0.2) is 18.2 Å². The molecule has 1 heterocycles. The number of carbonyl (C=O) groups excluding carboxylic acids is 2. The van der Waals surface area contributed by atoms with Gasteiger partial charge in [-0.15, -0.1) is 0 Å². The van der Waals surface area contributed by atoms with Crippen molar-refractivity contribution in [2.45, 2.75) is 38.3 Å². The molecule has 0 bridgehead atoms. The van der Waals surface area contributed by atoms with Gasteiger partial charge in [-0.05, 0) is 68.8 Å². The van der Waals surface area contributed by atoms with Crippen molar-refractivity contribution in [3.8, 4) is 5.75 Å². The number of sulfonamides is 1. The highest BCUT2D eigenvalue weighted by Gasteiger charge is 2.22. The van der Waals surface area contributed by atoms with Crippen LogP contribution in [0.15, 0.2) is 65.7 Å². The van der Waals surface area contributed by atoms with Gasteiger partial charge < -0.3 is 14.8 Å². The number of hydrogen-bond acceptors (Lipinski definition) is 7. The van der Waals surface area contributed by atoms with E-state index in [-0.39, 0.29) is 34.5 Å². The van der Waals surface area contributed by atoms with Crippen LogP contribution in [0, 0.1) is 6.92 Å². The summed E-state index contributed by atoms with van der Waals surface area (Å²) in [5.41, 5.74) is 2.05. The SMILES string of the molecule is COC(=O)c1ccc(NC(=O)c2cc(CN(C)S(=O)(=O)c3ccc(C)cc3)cc(OC(C)C)c2)nc1. The van der Waals surface area contributed by atoms with Crippen molar-refractivity contribution < 1.29 is 27.5 Å². The highest BCUT2D eigenvalue weighted by atomic mass is 32.2. The van der Waals surface area contributed by atoms with Gasteiger partial charge in [-0.2, -0.15) is 4.31 Å². The number of esters is 1. The van der Waals surface area contributed by atoms with Crippen molar-refractivity contribution in [1.82, 2.24) is 9.29 Å². The number of carbonyl (C=O) groups is 2. The third-order valence-electron chi connectivity index (χ3n) is 5.16. The molecule has 0 spiro atoms. The molecule has 3 rings (SSSR count). The Morgan fingerprint density at radius 2 is 1.72 bits per heavy atom. The molecule has 0 aliphatic heterocycles. The standard InChI is InChI=1S/C26H29N3O6S/c1-17(2)35-22-13-19(16-29(4)36(32,33)23-9-6-18(3)7-10-23)12-21(14-22)25(30)28-24-11-8-20(15-27-24)26(31)34-5/h6-15,17H,16H2,1-5H3,(H,27,28,30). The molecular formula is C26H29N3O6S. The molecule has 3 aromatic rings. The average Bonchev–Trinajstić information content (AvgIpc) is 2.83. The molecule has 1 amide bonds. The number of anilines is 1. The number of nitrogens with zero attached hydrogens (tertiary/aromatic N) is 2. The normalized spacial score (nSPS) is 11.4. The summed E-state index contributed by atoms with van der Waals surface area (Å²) in [6.07, 6.45) is 1.15. The smallest absolute Gasteiger partial charge is 0.339 e. The lowest BCUT2D eigenvalue weighted by Gasteiger charge is -2.19. The van der Waals surface area contributed by atoms with Gasteiger partial charge in [0.1, 0.15) is 11.6 Å². The van der Waals surface area contributed by atoms with Crippen LogP contribution in [0.4, 0.5) is 5.82 Å². The minimum atomic E-state index is -3.74. The second-order valence-corrected chi connectivity index (χ2v) is 10.5. The number of hydrogen-bond donors (Lipinski definition) is 1. The molecule has 0 radical (unpaired) electrons. The minimum Gasteiger partial charge on any atom is -0.491 e. The summed E-state index contributed by atoms with van der Waals surface area (Å²) in [5.74, 6) is -0.327. The molecule has 0 atom stereocenters. The summed E-state index contributed by atoms with van der Waals surface area (Å²) in [6, 6.07) is 14.5. The Morgan fingerprint density at radius 3 is 2.31 bits per heavy atom. The van der Waals surface area contributed by atoms with Gasteiger partial charge in [0.05, 0.1) is 23.7 Å². The molecule has 9 nitrogen and oxygen atoms in total. The Hall–Kier alpha value is -3.76. The van der Waals surface area contributed by atoms with Crippen LogP contribution < -0.4 is 10.1 Å². The lowest BCUT2D eigenvalue weighted by atomic mass is 10.1. The molecule has 36 heavy (non-hydrogen) atoms. The first-order valence-corrected chi connectivity index (χ1v) is 12.6. The number of ether oxygens (including phenoxy) is 2. The molecule has 10 heteroatoms. The molecule has 0 saturated heterocycles. The Kier molecular flexibility index (Phi) is 8.44. The first-order valence-electron chi connectivity index (χ1n) is 11.2. The van der Waals surface area contributed by atoms with Crippen molar-refractivity contribution in [2.24, 2.45) is 0 Å². The summed E-state index contributed by atoms with van der Waals surface area (Å²) < 4.78 is 37.8. The first-order chi connectivity index (χ1) is 17.0. The van der Waals surface area contributed by atoms with E-state index in [1.165, 1.54) is 36.8 Å². The molecular weight excluding hydrogens is 482 g/mol. The number of nitrogens with one attached hydrogen (secondary N) is 1. The van der Waals surface area contributed by atoms with Gasteiger partial charge in [0.15, 0.2) is 0 Å². The maximum atomic E-state index is 13.0. The highest BCUT2D eigenvalue weighted by Crippen LogP contribution is 2.23. The fraction of sp³-hybridized carbons (Fsp3) is 0.269. The molecule has 1 N–H and O–H groups in total. The minimum absolute atomic E-state index is 0.0257. The predicted octanol–water partition coefficient (Wildman–Crippen LogP) is 4.04. The molecule has 0 aliphatic rings. The van der Waals surface area contributed by atoms with Crippen LogP contribution >= 0.6 is 0 Å². The monoisotopic (exact) mass is 511 g/mol. The van der Waals surface area contributed by atoms with Crippen LogP contribution in [-0.4, -0.2) is 49.8 Å². The van der Waals surface area contributed by atoms with Crippen LogP contribution in [0.1, 0.15) is 45.7 Å². The zero-order chi connectivity index (χ0) is 26.5. The van der Waals surface area contributed by atoms with E-state index in [4.69, 9.17) is 4.74 Å². The van der Waals surface area contributed by atoms with Crippen LogP contribution in [0.5, 0.6) is 5.75 Å². The zero-order valence-electron chi connectivity index (χ0n) is 20.8. The van der Waals surface area contributed by atoms with Gasteiger partial charge in [0.25, 0.3) is 5.91 Å². The number of benzene rings is 2. The molecule has 190 valence electrons. The third-order valence-corrected chi connectivity index (χ3v) is 6.98. The van der Waals surface area contributed by atoms with Crippen LogP contribution in [0.2, 0.25) is 0 Å². The van der Waals surface area contributed by atoms with E-state index in [1.807, 2.05) is 20.8 Å². The second-order valence-electron chi connectivity index (χ2n) is 8.48. The zero-order valence-corrected chi connectivity index (χ0v) is 21.6. The lowest BCUT2D eigenvalue weighted by molar-refractivity contribution is 0.0600. The Labute approximate surface area is 211 Å². The first kappa shape index (κ1) is 26.8. The topological polar surface area (TPSA) is 115 Å². The molecule has 0 unspecified atom stereocenters. The van der Waals surface area contributed by atoms with Gasteiger partial charge in [0.2, 0.25) is 10.0 Å². The van der Waals surface area contributed by atoms with Crippen LogP contribution in [0.3, 0.4) is 0 Å². The summed E-state index contributed by atoms with van der Waals surface area (Å²) in [5, 5.41) is 2.68. The maximum Gasteiger partial charge on any atom is 0.339 e. The van der Waals surface area contributed by atoms with Gasteiger partial charge in [0, 0.05) is 25.4 Å². The quantitative estimate of drug-likeness (QED) is 0.431. The van der Waals surface area contributed by atoms with E-state index in [0.29, 0.717) is 11.3 Å². The van der Waals surface area contributed by atoms with E-state index < -0.39 is 21.9 Å². The summed E-state index contributed by atoms with van der Waals surface area (Å²) >= 11 is 0. The number of amides is 1. The summed E-state index contributed by atoms with van der Waals surface area (Å²) in [4.78, 5) is 28.8. The van der Waals surface area contributed by atoms with Crippen LogP contribution in [-0.2, 0) is 21.3 Å². The average molecular weight is 512 g/mol. The molecule has 1 aromatic heterocycles. The molecule has 2 aromatic carbocycles. The van der Waals surface area contributed by atoms with E-state index in [2.05, 4.69) is 15.0 Å². The molecule has 0 fully saturated rings. The van der Waals surface area contributed by atoms with Gasteiger partial charge >= 0.3 is 5.97 Å². The maximum absolute atomic E-state index is 13.0. The van der Waals surface area contributed by atoms with E-state index >= 15 is 0 Å². The lowest BCUT2D eigenvalue weighted by Crippen LogP contribution is -2.26. The third kappa shape index (κ3) is 6.67. The Morgan fingerprint density at radius 1 is 1.03 bits per heavy atom. The van der Waals surface area contributed by atoms with Crippen molar-refractivity contribution in [2.75, 3.05) is 19.5 Å². The van der Waals surface area contributed by atoms with E-state index in [1.54, 1.807) is 42.5 Å². The fourth-order valence-electron chi connectivity index (χ4n) is 3.35. The number of pyridine rings is 1. The number of aryl methyl sites for hydroxylation is 1. The van der Waals surface area contributed by atoms with Crippen molar-refractivity contribution in [3.63, 3.8) is 0 Å². The summed E-state index contributed by atoms with van der Waals surface area (Å²) in [6.45, 7) is 5.62. The van der Waals surface area contributed by atoms with Crippen molar-refractivity contribution in [3.05, 3.63) is 83.0 Å².